The van der Waals surface area contributed by atoms with Gasteiger partial charge in [0, 0.05) is 5.02 Å². The first-order valence-electron chi connectivity index (χ1n) is 6.30. The van der Waals surface area contributed by atoms with Gasteiger partial charge in [-0.1, -0.05) is 11.6 Å². The van der Waals surface area contributed by atoms with Crippen LogP contribution in [0.1, 0.15) is 6.42 Å². The minimum Gasteiger partial charge on any atom is -0.495 e. The van der Waals surface area contributed by atoms with Gasteiger partial charge in [0.15, 0.2) is 9.84 Å². The summed E-state index contributed by atoms with van der Waals surface area (Å²) in [7, 11) is -1.66. The third-order valence-corrected chi connectivity index (χ3v) is 5.57. The van der Waals surface area contributed by atoms with Gasteiger partial charge in [-0.25, -0.2) is 8.42 Å². The van der Waals surface area contributed by atoms with E-state index in [1.54, 1.807) is 18.2 Å². The highest BCUT2D eigenvalue weighted by molar-refractivity contribution is 7.91. The average Bonchev–Trinajstić information content (AvgIpc) is 2.79. The zero-order chi connectivity index (χ0) is 15.6. The molecule has 0 spiro atoms. The SMILES string of the molecule is COc1ccc(Cl)cc1N(C(=O)CCl)[C@H]1CCS(=O)(=O)C1. The summed E-state index contributed by atoms with van der Waals surface area (Å²) in [6, 6.07) is 4.40. The Balaban J connectivity index is 2.46. The second-order valence-electron chi connectivity index (χ2n) is 4.77. The van der Waals surface area contributed by atoms with E-state index in [0.29, 0.717) is 22.9 Å². The minimum absolute atomic E-state index is 0.0621. The van der Waals surface area contributed by atoms with Crippen LogP contribution in [-0.2, 0) is 14.6 Å². The molecule has 0 radical (unpaired) electrons. The molecule has 5 nitrogen and oxygen atoms in total. The Morgan fingerprint density at radius 1 is 1.48 bits per heavy atom. The van der Waals surface area contributed by atoms with Gasteiger partial charge in [0.2, 0.25) is 5.91 Å². The number of sulfone groups is 1. The van der Waals surface area contributed by atoms with Crippen molar-refractivity contribution in [2.24, 2.45) is 0 Å². The lowest BCUT2D eigenvalue weighted by molar-refractivity contribution is -0.116. The van der Waals surface area contributed by atoms with Crippen LogP contribution in [0.15, 0.2) is 18.2 Å². The predicted octanol–water partition coefficient (Wildman–Crippen LogP) is 2.11. The number of halogens is 2. The van der Waals surface area contributed by atoms with Gasteiger partial charge < -0.3 is 9.64 Å². The quantitative estimate of drug-likeness (QED) is 0.779. The number of ether oxygens (including phenoxy) is 1. The van der Waals surface area contributed by atoms with E-state index in [2.05, 4.69) is 0 Å². The zero-order valence-electron chi connectivity index (χ0n) is 11.4. The van der Waals surface area contributed by atoms with E-state index in [1.165, 1.54) is 12.0 Å². The molecule has 1 amide bonds. The first kappa shape index (κ1) is 16.4. The van der Waals surface area contributed by atoms with Crippen molar-refractivity contribution in [1.82, 2.24) is 0 Å². The zero-order valence-corrected chi connectivity index (χ0v) is 13.7. The summed E-state index contributed by atoms with van der Waals surface area (Å²) in [5, 5.41) is 0.430. The monoisotopic (exact) mass is 351 g/mol. The molecule has 21 heavy (non-hydrogen) atoms. The molecule has 0 bridgehead atoms. The van der Waals surface area contributed by atoms with E-state index >= 15 is 0 Å². The number of carbonyl (C=O) groups is 1. The van der Waals surface area contributed by atoms with E-state index < -0.39 is 15.9 Å². The number of alkyl halides is 1. The molecular weight excluding hydrogens is 337 g/mol. The molecule has 1 atom stereocenters. The molecule has 8 heteroatoms. The summed E-state index contributed by atoms with van der Waals surface area (Å²) >= 11 is 11.7. The van der Waals surface area contributed by atoms with Gasteiger partial charge in [-0.15, -0.1) is 11.6 Å². The lowest BCUT2D eigenvalue weighted by Crippen LogP contribution is -2.42. The molecule has 1 aliphatic rings. The number of benzene rings is 1. The van der Waals surface area contributed by atoms with Crippen molar-refractivity contribution in [3.63, 3.8) is 0 Å². The van der Waals surface area contributed by atoms with Crippen LogP contribution in [-0.4, -0.2) is 44.9 Å². The number of carbonyl (C=O) groups excluding carboxylic acids is 1. The molecule has 1 aromatic rings. The molecule has 1 fully saturated rings. The van der Waals surface area contributed by atoms with Gasteiger partial charge in [0.25, 0.3) is 0 Å². The number of hydrogen-bond acceptors (Lipinski definition) is 4. The molecular formula is C13H15Cl2NO4S. The van der Waals surface area contributed by atoms with E-state index in [0.717, 1.165) is 0 Å². The number of amides is 1. The summed E-state index contributed by atoms with van der Waals surface area (Å²) in [5.41, 5.74) is 0.442. The Hall–Kier alpha value is -0.980. The third kappa shape index (κ3) is 3.62. The van der Waals surface area contributed by atoms with E-state index in [4.69, 9.17) is 27.9 Å². The molecule has 1 heterocycles. The third-order valence-electron chi connectivity index (χ3n) is 3.36. The molecule has 0 N–H and O–H groups in total. The molecule has 116 valence electrons. The largest absolute Gasteiger partial charge is 0.495 e. The lowest BCUT2D eigenvalue weighted by Gasteiger charge is -2.29. The van der Waals surface area contributed by atoms with Gasteiger partial charge >= 0.3 is 0 Å². The molecule has 0 aromatic heterocycles. The predicted molar refractivity (Wildman–Crippen MR) is 83.3 cm³/mol. The van der Waals surface area contributed by atoms with Crippen molar-refractivity contribution >= 4 is 44.6 Å². The summed E-state index contributed by atoms with van der Waals surface area (Å²) in [6.45, 7) is 0. The Morgan fingerprint density at radius 2 is 2.19 bits per heavy atom. The van der Waals surface area contributed by atoms with Gasteiger partial charge in [-0.3, -0.25) is 4.79 Å². The first-order chi connectivity index (χ1) is 9.88. The Bertz CT molecular complexity index is 648. The molecule has 1 aliphatic heterocycles. The van der Waals surface area contributed by atoms with Crippen molar-refractivity contribution in [2.45, 2.75) is 12.5 Å². The highest BCUT2D eigenvalue weighted by atomic mass is 35.5. The molecule has 1 aromatic carbocycles. The second-order valence-corrected chi connectivity index (χ2v) is 7.70. The number of rotatable bonds is 4. The van der Waals surface area contributed by atoms with Crippen molar-refractivity contribution in [1.29, 1.82) is 0 Å². The van der Waals surface area contributed by atoms with Crippen LogP contribution in [0.4, 0.5) is 5.69 Å². The normalized spacial score (nSPS) is 20.2. The maximum absolute atomic E-state index is 12.2. The van der Waals surface area contributed by atoms with Crippen LogP contribution in [0.5, 0.6) is 5.75 Å². The van der Waals surface area contributed by atoms with E-state index in [9.17, 15) is 13.2 Å². The van der Waals surface area contributed by atoms with Gasteiger partial charge in [0.05, 0.1) is 30.3 Å². The fraction of sp³-hybridized carbons (Fsp3) is 0.462. The van der Waals surface area contributed by atoms with E-state index in [1.807, 2.05) is 0 Å². The summed E-state index contributed by atoms with van der Waals surface area (Å²) < 4.78 is 28.6. The van der Waals surface area contributed by atoms with Crippen molar-refractivity contribution in [3.05, 3.63) is 23.2 Å². The smallest absolute Gasteiger partial charge is 0.242 e. The lowest BCUT2D eigenvalue weighted by atomic mass is 10.1. The van der Waals surface area contributed by atoms with Crippen LogP contribution in [0, 0.1) is 0 Å². The van der Waals surface area contributed by atoms with Crippen LogP contribution in [0.3, 0.4) is 0 Å². The standard InChI is InChI=1S/C13H15Cl2NO4S/c1-20-12-3-2-9(15)6-11(12)16(13(17)7-14)10-4-5-21(18,19)8-10/h2-3,6,10H,4-5,7-8H2,1H3/t10-/m0/s1. The van der Waals surface area contributed by atoms with Gasteiger partial charge in [0.1, 0.15) is 11.6 Å². The van der Waals surface area contributed by atoms with Crippen LogP contribution < -0.4 is 9.64 Å². The summed E-state index contributed by atoms with van der Waals surface area (Å²) in [4.78, 5) is 13.6. The molecule has 0 aliphatic carbocycles. The number of nitrogens with zero attached hydrogens (tertiary/aromatic N) is 1. The van der Waals surface area contributed by atoms with Crippen molar-refractivity contribution in [3.8, 4) is 5.75 Å². The molecule has 0 unspecified atom stereocenters. The van der Waals surface area contributed by atoms with Crippen molar-refractivity contribution < 1.29 is 17.9 Å². The minimum atomic E-state index is -3.13. The number of methoxy groups -OCH3 is 1. The average molecular weight is 352 g/mol. The molecule has 1 saturated heterocycles. The highest BCUT2D eigenvalue weighted by Gasteiger charge is 2.36. The maximum atomic E-state index is 12.2. The maximum Gasteiger partial charge on any atom is 0.242 e. The van der Waals surface area contributed by atoms with Crippen LogP contribution in [0.25, 0.3) is 0 Å². The highest BCUT2D eigenvalue weighted by Crippen LogP contribution is 2.35. The molecule has 2 rings (SSSR count). The topological polar surface area (TPSA) is 63.7 Å². The Labute approximate surface area is 133 Å². The van der Waals surface area contributed by atoms with Crippen LogP contribution >= 0.6 is 23.2 Å². The molecule has 0 saturated carbocycles. The van der Waals surface area contributed by atoms with Gasteiger partial charge in [-0.05, 0) is 24.6 Å². The fourth-order valence-electron chi connectivity index (χ4n) is 2.43. The second kappa shape index (κ2) is 6.42. The Kier molecular flexibility index (Phi) is 5.01. The summed E-state index contributed by atoms with van der Waals surface area (Å²) in [5.74, 6) is -0.189. The van der Waals surface area contributed by atoms with E-state index in [-0.39, 0.29) is 23.3 Å². The van der Waals surface area contributed by atoms with Crippen molar-refractivity contribution in [2.75, 3.05) is 29.4 Å². The number of hydrogen-bond donors (Lipinski definition) is 0. The Morgan fingerprint density at radius 3 is 2.71 bits per heavy atom. The van der Waals surface area contributed by atoms with Crippen LogP contribution in [0.2, 0.25) is 5.02 Å². The first-order valence-corrected chi connectivity index (χ1v) is 9.03. The van der Waals surface area contributed by atoms with Gasteiger partial charge in [-0.2, -0.15) is 0 Å². The summed E-state index contributed by atoms with van der Waals surface area (Å²) in [6.07, 6.45) is 0.376. The number of anilines is 1. The fourth-order valence-corrected chi connectivity index (χ4v) is 4.42.